The van der Waals surface area contributed by atoms with E-state index in [9.17, 15) is 0 Å². The lowest BCUT2D eigenvalue weighted by Gasteiger charge is -2.27. The minimum Gasteiger partial charge on any atom is -0.358 e. The van der Waals surface area contributed by atoms with Crippen LogP contribution in [0.2, 0.25) is 0 Å². The second-order valence-electron chi connectivity index (χ2n) is 10.7. The summed E-state index contributed by atoms with van der Waals surface area (Å²) in [5.74, 6) is 0. The quantitative estimate of drug-likeness (QED) is 0.324. The van der Waals surface area contributed by atoms with E-state index in [4.69, 9.17) is 0 Å². The average Bonchev–Trinajstić information content (AvgIpc) is 3.38. The second-order valence-corrected chi connectivity index (χ2v) is 10.7. The minimum absolute atomic E-state index is 1.09. The van der Waals surface area contributed by atoms with Crippen molar-refractivity contribution in [1.82, 2.24) is 19.8 Å². The van der Waals surface area contributed by atoms with Crippen molar-refractivity contribution in [2.45, 2.75) is 65.5 Å². The Kier molecular flexibility index (Phi) is 5.96. The molecule has 2 aliphatic heterocycles. The highest BCUT2D eigenvalue weighted by molar-refractivity contribution is 5.86. The molecule has 2 aliphatic rings. The highest BCUT2D eigenvalue weighted by atomic mass is 15.1. The Hall–Kier alpha value is -2.56. The number of aryl methyl sites for hydroxylation is 2. The predicted octanol–water partition coefficient (Wildman–Crippen LogP) is 6.24. The third-order valence-electron chi connectivity index (χ3n) is 8.12. The first kappa shape index (κ1) is 21.9. The molecule has 4 heteroatoms. The monoisotopic (exact) mass is 454 g/mol. The van der Waals surface area contributed by atoms with Gasteiger partial charge in [-0.2, -0.15) is 0 Å². The molecule has 0 amide bonds. The van der Waals surface area contributed by atoms with Crippen LogP contribution in [0.25, 0.3) is 21.8 Å². The molecule has 0 saturated carbocycles. The third-order valence-corrected chi connectivity index (χ3v) is 8.12. The van der Waals surface area contributed by atoms with Crippen LogP contribution in [0, 0.1) is 13.8 Å². The van der Waals surface area contributed by atoms with E-state index >= 15 is 0 Å². The smallest absolute Gasteiger partial charge is 0.0459 e. The van der Waals surface area contributed by atoms with Crippen molar-refractivity contribution >= 4 is 21.8 Å². The molecule has 2 aromatic carbocycles. The van der Waals surface area contributed by atoms with Gasteiger partial charge in [0.15, 0.2) is 0 Å². The van der Waals surface area contributed by atoms with E-state index in [0.29, 0.717) is 0 Å². The molecular weight excluding hydrogens is 416 g/mol. The Morgan fingerprint density at radius 2 is 1.24 bits per heavy atom. The Morgan fingerprint density at radius 1 is 0.647 bits per heavy atom. The van der Waals surface area contributed by atoms with E-state index in [0.717, 1.165) is 19.5 Å². The van der Waals surface area contributed by atoms with E-state index in [1.807, 2.05) is 0 Å². The molecule has 34 heavy (non-hydrogen) atoms. The highest BCUT2D eigenvalue weighted by Gasteiger charge is 2.21. The number of H-pyrrole nitrogens is 2. The lowest BCUT2D eigenvalue weighted by molar-refractivity contribution is 0.237. The summed E-state index contributed by atoms with van der Waals surface area (Å²) in [4.78, 5) is 12.7. The minimum atomic E-state index is 1.09. The van der Waals surface area contributed by atoms with Crippen molar-refractivity contribution in [2.24, 2.45) is 0 Å². The number of unbranched alkanes of at least 4 members (excludes halogenated alkanes) is 3. The molecule has 178 valence electrons. The number of hydrogen-bond acceptors (Lipinski definition) is 2. The zero-order valence-corrected chi connectivity index (χ0v) is 20.8. The largest absolute Gasteiger partial charge is 0.358 e. The number of rotatable bonds is 7. The van der Waals surface area contributed by atoms with Gasteiger partial charge < -0.3 is 9.97 Å². The fourth-order valence-electron chi connectivity index (χ4n) is 6.20. The molecule has 0 unspecified atom stereocenters. The molecule has 0 radical (unpaired) electrons. The molecule has 0 bridgehead atoms. The standard InChI is InChI=1S/C30H38N4/c1-21-7-9-27-24(17-21)23-11-15-34(20-30(23)32-27)14-6-4-3-5-13-33-16-12-29-26(19-33)25-18-22(2)8-10-28(25)31-29/h7-10,17-18,31-32H,3-6,11-16,19-20H2,1-2H3. The Bertz CT molecular complexity index is 1310. The van der Waals surface area contributed by atoms with Crippen molar-refractivity contribution in [1.29, 1.82) is 0 Å². The van der Waals surface area contributed by atoms with Crippen molar-refractivity contribution in [3.05, 3.63) is 70.0 Å². The van der Waals surface area contributed by atoms with Crippen LogP contribution in [-0.2, 0) is 25.9 Å². The molecule has 0 spiro atoms. The van der Waals surface area contributed by atoms with Gasteiger partial charge in [-0.05, 0) is 81.6 Å². The molecule has 6 rings (SSSR count). The first-order valence-electron chi connectivity index (χ1n) is 13.3. The molecule has 0 saturated heterocycles. The van der Waals surface area contributed by atoms with Gasteiger partial charge in [0.05, 0.1) is 0 Å². The molecule has 0 atom stereocenters. The molecular formula is C30H38N4. The molecule has 4 heterocycles. The van der Waals surface area contributed by atoms with Gasteiger partial charge in [0.1, 0.15) is 0 Å². The number of benzene rings is 2. The number of aromatic nitrogens is 2. The SMILES string of the molecule is Cc1ccc2[nH]c3c(c2c1)CCN(CCCCCCN1CCc2[nH]c4ccc(C)cc4c2C1)C3. The van der Waals surface area contributed by atoms with Crippen LogP contribution in [0.3, 0.4) is 0 Å². The van der Waals surface area contributed by atoms with E-state index in [2.05, 4.69) is 70.0 Å². The van der Waals surface area contributed by atoms with E-state index < -0.39 is 0 Å². The van der Waals surface area contributed by atoms with Crippen molar-refractivity contribution in [3.63, 3.8) is 0 Å². The fraction of sp³-hybridized carbons (Fsp3) is 0.467. The van der Waals surface area contributed by atoms with Crippen LogP contribution in [-0.4, -0.2) is 45.9 Å². The van der Waals surface area contributed by atoms with Crippen molar-refractivity contribution in [2.75, 3.05) is 26.2 Å². The fourth-order valence-corrected chi connectivity index (χ4v) is 6.20. The van der Waals surface area contributed by atoms with Gasteiger partial charge in [-0.1, -0.05) is 36.1 Å². The predicted molar refractivity (Wildman–Crippen MR) is 143 cm³/mol. The number of nitrogens with zero attached hydrogens (tertiary/aromatic N) is 2. The van der Waals surface area contributed by atoms with Crippen LogP contribution in [0.15, 0.2) is 36.4 Å². The molecule has 0 fully saturated rings. The molecule has 0 aliphatic carbocycles. The summed E-state index contributed by atoms with van der Waals surface area (Å²) in [5, 5.41) is 2.89. The topological polar surface area (TPSA) is 38.1 Å². The first-order valence-corrected chi connectivity index (χ1v) is 13.3. The first-order chi connectivity index (χ1) is 16.6. The highest BCUT2D eigenvalue weighted by Crippen LogP contribution is 2.30. The van der Waals surface area contributed by atoms with E-state index in [1.165, 1.54) is 103 Å². The Balaban J connectivity index is 0.943. The maximum atomic E-state index is 3.69. The van der Waals surface area contributed by atoms with Crippen LogP contribution in [0.5, 0.6) is 0 Å². The average molecular weight is 455 g/mol. The van der Waals surface area contributed by atoms with Gasteiger partial charge in [0, 0.05) is 65.8 Å². The normalized spacial score (nSPS) is 16.9. The van der Waals surface area contributed by atoms with Crippen LogP contribution in [0.4, 0.5) is 0 Å². The van der Waals surface area contributed by atoms with Gasteiger partial charge in [0.2, 0.25) is 0 Å². The molecule has 2 aromatic heterocycles. The summed E-state index contributed by atoms with van der Waals surface area (Å²) in [7, 11) is 0. The molecule has 2 N–H and O–H groups in total. The van der Waals surface area contributed by atoms with Gasteiger partial charge in [-0.3, -0.25) is 9.80 Å². The lowest BCUT2D eigenvalue weighted by Crippen LogP contribution is -2.31. The number of nitrogens with one attached hydrogen (secondary N) is 2. The summed E-state index contributed by atoms with van der Waals surface area (Å²) in [6, 6.07) is 13.6. The molecule has 4 nitrogen and oxygen atoms in total. The van der Waals surface area contributed by atoms with Crippen LogP contribution >= 0.6 is 0 Å². The number of fused-ring (bicyclic) bond motifs is 6. The second kappa shape index (κ2) is 9.24. The lowest BCUT2D eigenvalue weighted by atomic mass is 10.0. The van der Waals surface area contributed by atoms with Gasteiger partial charge >= 0.3 is 0 Å². The number of aromatic amines is 2. The Morgan fingerprint density at radius 3 is 1.94 bits per heavy atom. The molecule has 4 aromatic rings. The summed E-state index contributed by atoms with van der Waals surface area (Å²) >= 11 is 0. The summed E-state index contributed by atoms with van der Waals surface area (Å²) in [6.45, 7) is 11.5. The van der Waals surface area contributed by atoms with Crippen LogP contribution in [0.1, 0.15) is 59.3 Å². The maximum Gasteiger partial charge on any atom is 0.0459 e. The zero-order valence-electron chi connectivity index (χ0n) is 20.8. The van der Waals surface area contributed by atoms with E-state index in [-0.39, 0.29) is 0 Å². The van der Waals surface area contributed by atoms with Crippen molar-refractivity contribution < 1.29 is 0 Å². The third kappa shape index (κ3) is 4.30. The Labute approximate surface area is 203 Å². The van der Waals surface area contributed by atoms with E-state index in [1.54, 1.807) is 11.1 Å². The summed E-state index contributed by atoms with van der Waals surface area (Å²) in [5.41, 5.74) is 11.4. The maximum absolute atomic E-state index is 3.69. The van der Waals surface area contributed by atoms with Gasteiger partial charge in [-0.25, -0.2) is 0 Å². The summed E-state index contributed by atoms with van der Waals surface area (Å²) in [6.07, 6.45) is 7.68. The van der Waals surface area contributed by atoms with Crippen molar-refractivity contribution in [3.8, 4) is 0 Å². The van der Waals surface area contributed by atoms with Gasteiger partial charge in [-0.15, -0.1) is 0 Å². The zero-order chi connectivity index (χ0) is 23.1. The summed E-state index contributed by atoms with van der Waals surface area (Å²) < 4.78 is 0. The van der Waals surface area contributed by atoms with Crippen LogP contribution < -0.4 is 0 Å². The number of hydrogen-bond donors (Lipinski definition) is 2. The van der Waals surface area contributed by atoms with Gasteiger partial charge in [0.25, 0.3) is 0 Å².